The fraction of sp³-hybridized carbons (Fsp3) is 0.333. The Morgan fingerprint density at radius 3 is 2.69 bits per heavy atom. The van der Waals surface area contributed by atoms with Crippen LogP contribution in [0.25, 0.3) is 22.0 Å². The molecule has 0 bridgehead atoms. The fourth-order valence-electron chi connectivity index (χ4n) is 4.90. The van der Waals surface area contributed by atoms with Crippen LogP contribution in [-0.4, -0.2) is 61.5 Å². The number of carbonyl (C=O) groups is 2. The minimum atomic E-state index is -0.294. The standard InChI is InChI=1S/C30H34N6O3/c1-20(17-31)18-34-29-24-16-23(7-6-22(24)8-9-27(29)39-2)25-4-3-5-26(35-25)30(38)33-13-10-21-11-14-36(15-12-21)19-28(32)37/h3-9,16,21,34H,1,10-15,18-19H2,2H3,(H2,32,37)(H,33,38). The quantitative estimate of drug-likeness (QED) is 0.324. The number of rotatable bonds is 11. The Balaban J connectivity index is 1.43. The lowest BCUT2D eigenvalue weighted by Gasteiger charge is -2.31. The minimum Gasteiger partial charge on any atom is -0.495 e. The van der Waals surface area contributed by atoms with Gasteiger partial charge in [-0.3, -0.25) is 14.5 Å². The van der Waals surface area contributed by atoms with Gasteiger partial charge in [-0.2, -0.15) is 5.26 Å². The Morgan fingerprint density at radius 1 is 1.21 bits per heavy atom. The number of fused-ring (bicyclic) bond motifs is 1. The number of nitriles is 1. The minimum absolute atomic E-state index is 0.206. The van der Waals surface area contributed by atoms with Crippen LogP contribution in [0.4, 0.5) is 5.69 Å². The number of hydrogen-bond donors (Lipinski definition) is 3. The normalized spacial score (nSPS) is 13.9. The third kappa shape index (κ3) is 7.12. The van der Waals surface area contributed by atoms with E-state index in [-0.39, 0.29) is 11.8 Å². The second-order valence-corrected chi connectivity index (χ2v) is 9.79. The number of nitrogens with one attached hydrogen (secondary N) is 2. The van der Waals surface area contributed by atoms with Gasteiger partial charge in [0.2, 0.25) is 5.91 Å². The summed E-state index contributed by atoms with van der Waals surface area (Å²) >= 11 is 0. The highest BCUT2D eigenvalue weighted by Crippen LogP contribution is 2.35. The van der Waals surface area contributed by atoms with Crippen LogP contribution in [0.5, 0.6) is 5.75 Å². The lowest BCUT2D eigenvalue weighted by atomic mass is 9.93. The molecule has 1 aromatic heterocycles. The molecule has 9 nitrogen and oxygen atoms in total. The first-order valence-electron chi connectivity index (χ1n) is 13.1. The highest BCUT2D eigenvalue weighted by atomic mass is 16.5. The first-order valence-corrected chi connectivity index (χ1v) is 13.1. The zero-order valence-electron chi connectivity index (χ0n) is 22.2. The number of hydrogen-bond acceptors (Lipinski definition) is 7. The van der Waals surface area contributed by atoms with Gasteiger partial charge in [0.15, 0.2) is 0 Å². The predicted molar refractivity (Wildman–Crippen MR) is 152 cm³/mol. The summed E-state index contributed by atoms with van der Waals surface area (Å²) in [6.07, 6.45) is 2.87. The fourth-order valence-corrected chi connectivity index (χ4v) is 4.90. The molecule has 1 aliphatic heterocycles. The molecule has 1 saturated heterocycles. The molecule has 1 fully saturated rings. The maximum absolute atomic E-state index is 12.9. The van der Waals surface area contributed by atoms with Crippen LogP contribution in [0.1, 0.15) is 29.8 Å². The lowest BCUT2D eigenvalue weighted by molar-refractivity contribution is -0.119. The lowest BCUT2D eigenvalue weighted by Crippen LogP contribution is -2.40. The van der Waals surface area contributed by atoms with Crippen LogP contribution in [-0.2, 0) is 4.79 Å². The van der Waals surface area contributed by atoms with E-state index < -0.39 is 0 Å². The Hall–Kier alpha value is -4.42. The van der Waals surface area contributed by atoms with Crippen molar-refractivity contribution in [1.29, 1.82) is 5.26 Å². The summed E-state index contributed by atoms with van der Waals surface area (Å²) in [4.78, 5) is 30.7. The average Bonchev–Trinajstić information content (AvgIpc) is 2.95. The molecule has 0 unspecified atom stereocenters. The molecule has 9 heteroatoms. The maximum Gasteiger partial charge on any atom is 0.269 e. The number of pyridine rings is 1. The average molecular weight is 527 g/mol. The largest absolute Gasteiger partial charge is 0.495 e. The summed E-state index contributed by atoms with van der Waals surface area (Å²) in [5.74, 6) is 0.669. The van der Waals surface area contributed by atoms with Gasteiger partial charge in [-0.25, -0.2) is 4.98 Å². The predicted octanol–water partition coefficient (Wildman–Crippen LogP) is 3.72. The van der Waals surface area contributed by atoms with Crippen LogP contribution in [0.2, 0.25) is 0 Å². The van der Waals surface area contributed by atoms with Crippen molar-refractivity contribution >= 4 is 28.3 Å². The van der Waals surface area contributed by atoms with Crippen LogP contribution in [0, 0.1) is 17.2 Å². The molecule has 202 valence electrons. The van der Waals surface area contributed by atoms with E-state index in [0.717, 1.165) is 54.4 Å². The number of ether oxygens (including phenoxy) is 1. The van der Waals surface area contributed by atoms with Gasteiger partial charge < -0.3 is 21.1 Å². The van der Waals surface area contributed by atoms with Gasteiger partial charge in [-0.1, -0.05) is 30.8 Å². The van der Waals surface area contributed by atoms with E-state index in [4.69, 9.17) is 15.7 Å². The number of likely N-dealkylation sites (tertiary alicyclic amines) is 1. The van der Waals surface area contributed by atoms with Crippen molar-refractivity contribution in [2.75, 3.05) is 45.2 Å². The van der Waals surface area contributed by atoms with Gasteiger partial charge in [-0.15, -0.1) is 0 Å². The Bertz CT molecular complexity index is 1410. The number of benzene rings is 2. The smallest absolute Gasteiger partial charge is 0.269 e. The van der Waals surface area contributed by atoms with E-state index in [1.807, 2.05) is 42.5 Å². The Labute approximate surface area is 228 Å². The third-order valence-electron chi connectivity index (χ3n) is 7.04. The summed E-state index contributed by atoms with van der Waals surface area (Å²) in [6, 6.07) is 17.3. The molecule has 3 aromatic rings. The van der Waals surface area contributed by atoms with Crippen LogP contribution >= 0.6 is 0 Å². The summed E-state index contributed by atoms with van der Waals surface area (Å²) in [5, 5.41) is 17.3. The van der Waals surface area contributed by atoms with Crippen molar-refractivity contribution in [2.45, 2.75) is 19.3 Å². The number of aromatic nitrogens is 1. The summed E-state index contributed by atoms with van der Waals surface area (Å²) in [6.45, 7) is 6.64. The van der Waals surface area contributed by atoms with E-state index in [0.29, 0.717) is 48.3 Å². The number of nitrogens with zero attached hydrogens (tertiary/aromatic N) is 3. The number of amides is 2. The summed E-state index contributed by atoms with van der Waals surface area (Å²) < 4.78 is 5.55. The van der Waals surface area contributed by atoms with E-state index in [9.17, 15) is 9.59 Å². The molecule has 0 spiro atoms. The van der Waals surface area contributed by atoms with Gasteiger partial charge in [0.25, 0.3) is 5.91 Å². The molecule has 4 rings (SSSR count). The Kier molecular flexibility index (Phi) is 9.13. The first kappa shape index (κ1) is 27.6. The molecule has 4 N–H and O–H groups in total. The van der Waals surface area contributed by atoms with E-state index in [1.54, 1.807) is 13.2 Å². The van der Waals surface area contributed by atoms with Crippen molar-refractivity contribution < 1.29 is 14.3 Å². The summed E-state index contributed by atoms with van der Waals surface area (Å²) in [5.41, 5.74) is 8.37. The molecule has 0 aliphatic carbocycles. The van der Waals surface area contributed by atoms with Crippen molar-refractivity contribution in [3.63, 3.8) is 0 Å². The maximum atomic E-state index is 12.9. The van der Waals surface area contributed by atoms with Crippen LogP contribution in [0.15, 0.2) is 60.7 Å². The zero-order valence-corrected chi connectivity index (χ0v) is 22.2. The van der Waals surface area contributed by atoms with E-state index in [2.05, 4.69) is 33.2 Å². The first-order chi connectivity index (χ1) is 18.9. The number of primary amides is 1. The number of methoxy groups -OCH3 is 1. The van der Waals surface area contributed by atoms with Crippen LogP contribution < -0.4 is 21.1 Å². The Morgan fingerprint density at radius 2 is 1.97 bits per heavy atom. The second kappa shape index (κ2) is 12.9. The van der Waals surface area contributed by atoms with E-state index >= 15 is 0 Å². The van der Waals surface area contributed by atoms with Gasteiger partial charge in [0.1, 0.15) is 11.4 Å². The molecule has 0 saturated carbocycles. The van der Waals surface area contributed by atoms with Crippen molar-refractivity contribution in [3.8, 4) is 23.1 Å². The molecular formula is C30H34N6O3. The number of nitrogens with two attached hydrogens (primary N) is 1. The molecule has 1 aliphatic rings. The second-order valence-electron chi connectivity index (χ2n) is 9.79. The molecular weight excluding hydrogens is 492 g/mol. The summed E-state index contributed by atoms with van der Waals surface area (Å²) in [7, 11) is 1.60. The van der Waals surface area contributed by atoms with Gasteiger partial charge >= 0.3 is 0 Å². The van der Waals surface area contributed by atoms with Gasteiger partial charge in [-0.05, 0) is 67.9 Å². The topological polar surface area (TPSA) is 133 Å². The van der Waals surface area contributed by atoms with E-state index in [1.165, 1.54) is 0 Å². The zero-order chi connectivity index (χ0) is 27.8. The van der Waals surface area contributed by atoms with Crippen molar-refractivity contribution in [1.82, 2.24) is 15.2 Å². The third-order valence-corrected chi connectivity index (χ3v) is 7.04. The van der Waals surface area contributed by atoms with Gasteiger partial charge in [0, 0.05) is 29.6 Å². The number of carbonyl (C=O) groups excluding carboxylic acids is 2. The SMILES string of the molecule is C=C(C#N)CNc1c(OC)ccc2ccc(-c3cccc(C(=O)NCCC4CCN(CC(N)=O)CC4)n3)cc12. The molecule has 0 radical (unpaired) electrons. The van der Waals surface area contributed by atoms with Crippen LogP contribution in [0.3, 0.4) is 0 Å². The molecule has 2 amide bonds. The highest BCUT2D eigenvalue weighted by molar-refractivity contribution is 5.99. The van der Waals surface area contributed by atoms with Crippen molar-refractivity contribution in [2.24, 2.45) is 11.7 Å². The highest BCUT2D eigenvalue weighted by Gasteiger charge is 2.20. The van der Waals surface area contributed by atoms with Crippen molar-refractivity contribution in [3.05, 3.63) is 66.4 Å². The molecule has 2 heterocycles. The molecule has 0 atom stereocenters. The number of anilines is 1. The monoisotopic (exact) mass is 526 g/mol. The molecule has 2 aromatic carbocycles. The van der Waals surface area contributed by atoms with Gasteiger partial charge in [0.05, 0.1) is 31.1 Å². The number of piperidine rings is 1. The molecule has 39 heavy (non-hydrogen) atoms.